The van der Waals surface area contributed by atoms with E-state index in [0.29, 0.717) is 17.6 Å². The van der Waals surface area contributed by atoms with Crippen molar-refractivity contribution >= 4 is 43.7 Å². The number of nitrogens with zero attached hydrogens (tertiary/aromatic N) is 4. The number of fused-ring (bicyclic) bond motifs is 2. The number of allylic oxidation sites excluding steroid dienone is 4. The average Bonchev–Trinajstić information content (AvgIpc) is 3.43. The molecule has 6 aromatic carbocycles. The highest BCUT2D eigenvalue weighted by Gasteiger charge is 2.27. The van der Waals surface area contributed by atoms with Crippen LogP contribution >= 0.6 is 0 Å². The van der Waals surface area contributed by atoms with Gasteiger partial charge in [0.1, 0.15) is 0 Å². The normalized spacial score (nSPS) is 13.6. The van der Waals surface area contributed by atoms with E-state index in [1.165, 1.54) is 49.4 Å². The Labute approximate surface area is 272 Å². The summed E-state index contributed by atoms with van der Waals surface area (Å²) in [4.78, 5) is 15.5. The SMILES string of the molecule is C1=CC2=C(CC1)c1cccc3c1c1c4c2cccc4ccc1n3-c1nc(-c2ccccc2)nc(-c2ccc(-c3ccccc3)cc2)n1. The number of hydrogen-bond donors (Lipinski definition) is 0. The number of aromatic nitrogens is 4. The molecule has 4 nitrogen and oxygen atoms in total. The molecule has 220 valence electrons. The maximum Gasteiger partial charge on any atom is 0.238 e. The third-order valence-corrected chi connectivity index (χ3v) is 9.69. The van der Waals surface area contributed by atoms with Gasteiger partial charge in [-0.1, -0.05) is 133 Å². The third-order valence-electron chi connectivity index (χ3n) is 9.69. The minimum Gasteiger partial charge on any atom is -0.278 e. The van der Waals surface area contributed by atoms with E-state index in [4.69, 9.17) is 15.0 Å². The van der Waals surface area contributed by atoms with Crippen molar-refractivity contribution in [2.45, 2.75) is 12.8 Å². The van der Waals surface area contributed by atoms with Gasteiger partial charge in [0.05, 0.1) is 11.0 Å². The highest BCUT2D eigenvalue weighted by molar-refractivity contribution is 6.29. The maximum atomic E-state index is 5.22. The van der Waals surface area contributed by atoms with E-state index in [0.717, 1.165) is 40.6 Å². The van der Waals surface area contributed by atoms with Crippen molar-refractivity contribution in [3.63, 3.8) is 0 Å². The average molecular weight is 601 g/mol. The van der Waals surface area contributed by atoms with Crippen LogP contribution in [0.5, 0.6) is 0 Å². The van der Waals surface area contributed by atoms with E-state index in [2.05, 4.69) is 126 Å². The van der Waals surface area contributed by atoms with Gasteiger partial charge in [0.2, 0.25) is 5.95 Å². The van der Waals surface area contributed by atoms with E-state index in [1.807, 2.05) is 24.3 Å². The van der Waals surface area contributed by atoms with Crippen molar-refractivity contribution in [2.24, 2.45) is 0 Å². The number of hydrogen-bond acceptors (Lipinski definition) is 3. The van der Waals surface area contributed by atoms with Crippen molar-refractivity contribution in [3.05, 3.63) is 157 Å². The molecule has 0 atom stereocenters. The molecule has 10 rings (SSSR count). The zero-order chi connectivity index (χ0) is 30.9. The predicted octanol–water partition coefficient (Wildman–Crippen LogP) is 10.7. The van der Waals surface area contributed by atoms with Crippen molar-refractivity contribution in [3.8, 4) is 39.9 Å². The molecule has 2 aliphatic rings. The summed E-state index contributed by atoms with van der Waals surface area (Å²) in [6.07, 6.45) is 6.72. The van der Waals surface area contributed by atoms with Gasteiger partial charge in [-0.05, 0) is 69.1 Å². The summed E-state index contributed by atoms with van der Waals surface area (Å²) in [5.74, 6) is 1.92. The Bertz CT molecular complexity index is 2590. The molecular weight excluding hydrogens is 573 g/mol. The molecule has 0 spiro atoms. The van der Waals surface area contributed by atoms with Crippen LogP contribution in [0.3, 0.4) is 0 Å². The molecule has 0 saturated carbocycles. The first-order chi connectivity index (χ1) is 23.3. The van der Waals surface area contributed by atoms with Gasteiger partial charge < -0.3 is 0 Å². The van der Waals surface area contributed by atoms with Gasteiger partial charge in [0.15, 0.2) is 11.6 Å². The van der Waals surface area contributed by atoms with Crippen LogP contribution in [-0.2, 0) is 0 Å². The van der Waals surface area contributed by atoms with Crippen LogP contribution in [-0.4, -0.2) is 19.5 Å². The fourth-order valence-corrected chi connectivity index (χ4v) is 7.57. The van der Waals surface area contributed by atoms with Crippen LogP contribution in [0.4, 0.5) is 0 Å². The predicted molar refractivity (Wildman–Crippen MR) is 193 cm³/mol. The Balaban J connectivity index is 1.26. The second-order valence-electron chi connectivity index (χ2n) is 12.3. The first kappa shape index (κ1) is 26.1. The number of benzene rings is 6. The Kier molecular flexibility index (Phi) is 5.67. The van der Waals surface area contributed by atoms with Gasteiger partial charge >= 0.3 is 0 Å². The smallest absolute Gasteiger partial charge is 0.238 e. The van der Waals surface area contributed by atoms with Crippen molar-refractivity contribution in [1.29, 1.82) is 0 Å². The molecular formula is C43H28N4. The summed E-state index contributed by atoms with van der Waals surface area (Å²) in [6, 6.07) is 47.1. The highest BCUT2D eigenvalue weighted by Crippen LogP contribution is 2.48. The Hall–Kier alpha value is -6.13. The Morgan fingerprint density at radius 3 is 1.89 bits per heavy atom. The fourth-order valence-electron chi connectivity index (χ4n) is 7.57. The molecule has 0 saturated heterocycles. The van der Waals surface area contributed by atoms with E-state index in [9.17, 15) is 0 Å². The van der Waals surface area contributed by atoms with Gasteiger partial charge in [-0.3, -0.25) is 4.57 Å². The van der Waals surface area contributed by atoms with Crippen molar-refractivity contribution < 1.29 is 0 Å². The molecule has 4 heteroatoms. The summed E-state index contributed by atoms with van der Waals surface area (Å²) < 4.78 is 2.25. The summed E-state index contributed by atoms with van der Waals surface area (Å²) in [5.41, 5.74) is 11.8. The molecule has 0 radical (unpaired) electrons. The molecule has 2 heterocycles. The topological polar surface area (TPSA) is 43.6 Å². The van der Waals surface area contributed by atoms with Gasteiger partial charge in [-0.15, -0.1) is 0 Å². The van der Waals surface area contributed by atoms with Crippen LogP contribution in [0.2, 0.25) is 0 Å². The summed E-state index contributed by atoms with van der Waals surface area (Å²) in [7, 11) is 0. The Morgan fingerprint density at radius 1 is 0.468 bits per heavy atom. The van der Waals surface area contributed by atoms with E-state index in [-0.39, 0.29) is 0 Å². The number of rotatable bonds is 4. The lowest BCUT2D eigenvalue weighted by molar-refractivity contribution is 0.953. The molecule has 0 N–H and O–H groups in total. The fraction of sp³-hybridized carbons (Fsp3) is 0.0465. The van der Waals surface area contributed by atoms with Crippen LogP contribution in [0, 0.1) is 0 Å². The zero-order valence-electron chi connectivity index (χ0n) is 25.6. The second-order valence-corrected chi connectivity index (χ2v) is 12.3. The summed E-state index contributed by atoms with van der Waals surface area (Å²) in [6.45, 7) is 0. The van der Waals surface area contributed by atoms with Gasteiger partial charge in [0.25, 0.3) is 0 Å². The minimum atomic E-state index is 0.619. The van der Waals surface area contributed by atoms with Gasteiger partial charge in [-0.25, -0.2) is 4.98 Å². The second kappa shape index (κ2) is 10.2. The van der Waals surface area contributed by atoms with Crippen LogP contribution in [0.25, 0.3) is 83.6 Å². The molecule has 0 unspecified atom stereocenters. The van der Waals surface area contributed by atoms with Crippen molar-refractivity contribution in [1.82, 2.24) is 19.5 Å². The van der Waals surface area contributed by atoms with Gasteiger partial charge in [-0.2, -0.15) is 9.97 Å². The maximum absolute atomic E-state index is 5.22. The molecule has 0 bridgehead atoms. The lowest BCUT2D eigenvalue weighted by atomic mass is 9.87. The summed E-state index contributed by atoms with van der Waals surface area (Å²) >= 11 is 0. The van der Waals surface area contributed by atoms with E-state index in [1.54, 1.807) is 0 Å². The molecule has 0 fully saturated rings. The van der Waals surface area contributed by atoms with E-state index < -0.39 is 0 Å². The monoisotopic (exact) mass is 600 g/mol. The third kappa shape index (κ3) is 3.98. The first-order valence-electron chi connectivity index (χ1n) is 16.2. The lowest BCUT2D eigenvalue weighted by Gasteiger charge is -2.18. The van der Waals surface area contributed by atoms with E-state index >= 15 is 0 Å². The van der Waals surface area contributed by atoms with Crippen LogP contribution in [0.15, 0.2) is 146 Å². The highest BCUT2D eigenvalue weighted by atomic mass is 15.2. The molecule has 47 heavy (non-hydrogen) atoms. The molecule has 2 aliphatic carbocycles. The molecule has 0 amide bonds. The lowest BCUT2D eigenvalue weighted by Crippen LogP contribution is -2.06. The molecule has 0 aliphatic heterocycles. The van der Waals surface area contributed by atoms with Crippen molar-refractivity contribution in [2.75, 3.05) is 0 Å². The largest absolute Gasteiger partial charge is 0.278 e. The quantitative estimate of drug-likeness (QED) is 0.202. The van der Waals surface area contributed by atoms with Crippen LogP contribution in [0.1, 0.15) is 24.0 Å². The minimum absolute atomic E-state index is 0.619. The zero-order valence-corrected chi connectivity index (χ0v) is 25.6. The molecule has 8 aromatic rings. The molecule has 2 aromatic heterocycles. The Morgan fingerprint density at radius 2 is 1.11 bits per heavy atom. The first-order valence-corrected chi connectivity index (χ1v) is 16.2. The van der Waals surface area contributed by atoms with Gasteiger partial charge in [0, 0.05) is 21.9 Å². The summed E-state index contributed by atoms with van der Waals surface area (Å²) in [5, 5.41) is 5.08. The van der Waals surface area contributed by atoms with Crippen LogP contribution < -0.4 is 0 Å². The standard InChI is InChI=1S/C43H28N4/c1-3-11-27(12-4-1)28-21-23-31(24-22-28)42-44-41(30-13-5-2-6-14-30)45-43(46-42)47-36-20-10-19-35-33-17-8-7-16-32(33)34-18-9-15-29-25-26-37(47)40(38(29)34)39(35)36/h1-7,9-16,18-26H,8,17H2.